The molecule has 0 spiro atoms. The third-order valence-corrected chi connectivity index (χ3v) is 3.61. The lowest BCUT2D eigenvalue weighted by Crippen LogP contribution is -2.43. The van der Waals surface area contributed by atoms with Crippen LogP contribution in [0.25, 0.3) is 0 Å². The fourth-order valence-electron chi connectivity index (χ4n) is 2.28. The summed E-state index contributed by atoms with van der Waals surface area (Å²) in [7, 11) is 0. The minimum Gasteiger partial charge on any atom is -0.488 e. The van der Waals surface area contributed by atoms with E-state index in [2.05, 4.69) is 5.32 Å². The van der Waals surface area contributed by atoms with Crippen molar-refractivity contribution in [1.29, 1.82) is 0 Å². The SMILES string of the molecule is CC1CCNCC1Oc1ccc(C(F)(F)F)cc1C(N)=O. The maximum Gasteiger partial charge on any atom is 0.416 e. The van der Waals surface area contributed by atoms with Gasteiger partial charge in [0.25, 0.3) is 5.91 Å². The Balaban J connectivity index is 2.28. The first-order chi connectivity index (χ1) is 9.79. The van der Waals surface area contributed by atoms with Crippen molar-refractivity contribution in [2.45, 2.75) is 25.6 Å². The lowest BCUT2D eigenvalue weighted by atomic mass is 9.97. The molecule has 1 heterocycles. The Hall–Kier alpha value is -1.76. The lowest BCUT2D eigenvalue weighted by molar-refractivity contribution is -0.137. The van der Waals surface area contributed by atoms with Crippen molar-refractivity contribution in [3.05, 3.63) is 29.3 Å². The van der Waals surface area contributed by atoms with Gasteiger partial charge in [-0.2, -0.15) is 13.2 Å². The monoisotopic (exact) mass is 302 g/mol. The van der Waals surface area contributed by atoms with Crippen LogP contribution in [0.4, 0.5) is 13.2 Å². The fourth-order valence-corrected chi connectivity index (χ4v) is 2.28. The van der Waals surface area contributed by atoms with Gasteiger partial charge in [-0.15, -0.1) is 0 Å². The van der Waals surface area contributed by atoms with Gasteiger partial charge < -0.3 is 15.8 Å². The Morgan fingerprint density at radius 1 is 1.43 bits per heavy atom. The van der Waals surface area contributed by atoms with Crippen LogP contribution in [-0.4, -0.2) is 25.1 Å². The highest BCUT2D eigenvalue weighted by atomic mass is 19.4. The molecule has 0 aromatic heterocycles. The zero-order valence-electron chi connectivity index (χ0n) is 11.5. The molecule has 21 heavy (non-hydrogen) atoms. The maximum atomic E-state index is 12.7. The molecule has 0 aliphatic carbocycles. The van der Waals surface area contributed by atoms with Gasteiger partial charge in [0.05, 0.1) is 11.1 Å². The Kier molecular flexibility index (Phi) is 4.41. The second-order valence-electron chi connectivity index (χ2n) is 5.20. The standard InChI is InChI=1S/C14H17F3N2O2/c1-8-4-5-19-7-12(8)21-11-3-2-9(14(15,16)17)6-10(11)13(18)20/h2-3,6,8,12,19H,4-5,7H2,1H3,(H2,18,20). The average molecular weight is 302 g/mol. The number of nitrogens with two attached hydrogens (primary N) is 1. The third-order valence-electron chi connectivity index (χ3n) is 3.61. The van der Waals surface area contributed by atoms with Gasteiger partial charge in [-0.1, -0.05) is 6.92 Å². The van der Waals surface area contributed by atoms with Gasteiger partial charge in [-0.05, 0) is 37.1 Å². The number of hydrogen-bond acceptors (Lipinski definition) is 3. The molecule has 2 unspecified atom stereocenters. The number of alkyl halides is 3. The summed E-state index contributed by atoms with van der Waals surface area (Å²) >= 11 is 0. The minimum absolute atomic E-state index is 0.0936. The molecule has 7 heteroatoms. The summed E-state index contributed by atoms with van der Waals surface area (Å²) in [4.78, 5) is 11.4. The molecule has 1 aliphatic heterocycles. The van der Waals surface area contributed by atoms with Gasteiger partial charge in [0.1, 0.15) is 11.9 Å². The Labute approximate surface area is 120 Å². The number of carbonyl (C=O) groups is 1. The number of benzene rings is 1. The summed E-state index contributed by atoms with van der Waals surface area (Å²) in [5.41, 5.74) is 4.00. The zero-order valence-corrected chi connectivity index (χ0v) is 11.5. The van der Waals surface area contributed by atoms with Crippen LogP contribution < -0.4 is 15.8 Å². The number of ether oxygens (including phenoxy) is 1. The summed E-state index contributed by atoms with van der Waals surface area (Å²) < 4.78 is 43.7. The van der Waals surface area contributed by atoms with Crippen molar-refractivity contribution < 1.29 is 22.7 Å². The largest absolute Gasteiger partial charge is 0.488 e. The van der Waals surface area contributed by atoms with E-state index in [1.165, 1.54) is 0 Å². The highest BCUT2D eigenvalue weighted by Gasteiger charge is 2.32. The number of carbonyl (C=O) groups excluding carboxylic acids is 1. The molecule has 1 saturated heterocycles. The number of hydrogen-bond donors (Lipinski definition) is 2. The van der Waals surface area contributed by atoms with Gasteiger partial charge in [-0.25, -0.2) is 0 Å². The van der Waals surface area contributed by atoms with E-state index in [1.807, 2.05) is 6.92 Å². The number of primary amides is 1. The van der Waals surface area contributed by atoms with E-state index in [9.17, 15) is 18.0 Å². The van der Waals surface area contributed by atoms with Crippen LogP contribution in [0.1, 0.15) is 29.3 Å². The predicted molar refractivity (Wildman–Crippen MR) is 71.0 cm³/mol. The van der Waals surface area contributed by atoms with Crippen molar-refractivity contribution in [3.63, 3.8) is 0 Å². The van der Waals surface area contributed by atoms with Crippen LogP contribution in [0, 0.1) is 5.92 Å². The second-order valence-corrected chi connectivity index (χ2v) is 5.20. The predicted octanol–water partition coefficient (Wildman–Crippen LogP) is 2.18. The number of piperidine rings is 1. The van der Waals surface area contributed by atoms with Crippen LogP contribution in [-0.2, 0) is 6.18 Å². The molecule has 0 bridgehead atoms. The van der Waals surface area contributed by atoms with Crippen molar-refractivity contribution >= 4 is 5.91 Å². The van der Waals surface area contributed by atoms with E-state index in [0.717, 1.165) is 31.2 Å². The molecule has 116 valence electrons. The topological polar surface area (TPSA) is 64.3 Å². The highest BCUT2D eigenvalue weighted by molar-refractivity contribution is 5.95. The van der Waals surface area contributed by atoms with E-state index in [1.54, 1.807) is 0 Å². The number of amides is 1. The summed E-state index contributed by atoms with van der Waals surface area (Å²) in [6.45, 7) is 3.45. The van der Waals surface area contributed by atoms with Crippen molar-refractivity contribution in [3.8, 4) is 5.75 Å². The van der Waals surface area contributed by atoms with Crippen LogP contribution in [0.2, 0.25) is 0 Å². The molecule has 2 rings (SSSR count). The van der Waals surface area contributed by atoms with Crippen LogP contribution >= 0.6 is 0 Å². The van der Waals surface area contributed by atoms with Crippen LogP contribution in [0.5, 0.6) is 5.75 Å². The van der Waals surface area contributed by atoms with Gasteiger partial charge in [0, 0.05) is 6.54 Å². The molecule has 1 fully saturated rings. The smallest absolute Gasteiger partial charge is 0.416 e. The van der Waals surface area contributed by atoms with E-state index in [0.29, 0.717) is 6.54 Å². The fraction of sp³-hybridized carbons (Fsp3) is 0.500. The molecule has 1 aromatic carbocycles. The molecule has 3 N–H and O–H groups in total. The van der Waals surface area contributed by atoms with Gasteiger partial charge in [-0.3, -0.25) is 4.79 Å². The number of nitrogens with one attached hydrogen (secondary N) is 1. The third kappa shape index (κ3) is 3.66. The first-order valence-electron chi connectivity index (χ1n) is 6.67. The zero-order chi connectivity index (χ0) is 15.6. The molecule has 1 amide bonds. The number of halogens is 3. The van der Waals surface area contributed by atoms with Crippen molar-refractivity contribution in [2.75, 3.05) is 13.1 Å². The summed E-state index contributed by atoms with van der Waals surface area (Å²) in [5, 5.41) is 3.15. The maximum absolute atomic E-state index is 12.7. The molecule has 2 atom stereocenters. The summed E-state index contributed by atoms with van der Waals surface area (Å²) in [6.07, 6.45) is -3.83. The van der Waals surface area contributed by atoms with E-state index in [-0.39, 0.29) is 23.3 Å². The van der Waals surface area contributed by atoms with Crippen LogP contribution in [0.15, 0.2) is 18.2 Å². The molecule has 0 radical (unpaired) electrons. The summed E-state index contributed by atoms with van der Waals surface area (Å²) in [5.74, 6) is -0.599. The minimum atomic E-state index is -4.53. The Morgan fingerprint density at radius 3 is 2.71 bits per heavy atom. The first-order valence-corrected chi connectivity index (χ1v) is 6.67. The first kappa shape index (κ1) is 15.6. The van der Waals surface area contributed by atoms with E-state index in [4.69, 9.17) is 10.5 Å². The second kappa shape index (κ2) is 5.93. The molecule has 4 nitrogen and oxygen atoms in total. The molecular formula is C14H17F3N2O2. The summed E-state index contributed by atoms with van der Waals surface area (Å²) in [6, 6.07) is 2.78. The van der Waals surface area contributed by atoms with Gasteiger partial charge in [0.2, 0.25) is 0 Å². The Morgan fingerprint density at radius 2 is 2.14 bits per heavy atom. The van der Waals surface area contributed by atoms with Gasteiger partial charge >= 0.3 is 6.18 Å². The van der Waals surface area contributed by atoms with E-state index >= 15 is 0 Å². The quantitative estimate of drug-likeness (QED) is 0.899. The van der Waals surface area contributed by atoms with Crippen LogP contribution in [0.3, 0.4) is 0 Å². The molecule has 0 saturated carbocycles. The van der Waals surface area contributed by atoms with Crippen molar-refractivity contribution in [1.82, 2.24) is 5.32 Å². The molecule has 1 aliphatic rings. The molecule has 1 aromatic rings. The van der Waals surface area contributed by atoms with Gasteiger partial charge in [0.15, 0.2) is 0 Å². The number of rotatable bonds is 3. The molecular weight excluding hydrogens is 285 g/mol. The average Bonchev–Trinajstić information content (AvgIpc) is 2.40. The Bertz CT molecular complexity index is 531. The lowest BCUT2D eigenvalue weighted by Gasteiger charge is -2.30. The normalized spacial score (nSPS) is 22.9. The van der Waals surface area contributed by atoms with Crippen molar-refractivity contribution in [2.24, 2.45) is 11.7 Å². The van der Waals surface area contributed by atoms with E-state index < -0.39 is 17.6 Å². The highest BCUT2D eigenvalue weighted by Crippen LogP contribution is 2.33.